The molecule has 7 nitrogen and oxygen atoms in total. The van der Waals surface area contributed by atoms with Crippen molar-refractivity contribution < 1.29 is 18.0 Å². The number of amides is 2. The van der Waals surface area contributed by atoms with Crippen LogP contribution in [0, 0.1) is 13.8 Å². The van der Waals surface area contributed by atoms with Crippen LogP contribution in [0.4, 0.5) is 5.69 Å². The van der Waals surface area contributed by atoms with Crippen LogP contribution in [0.1, 0.15) is 62.1 Å². The van der Waals surface area contributed by atoms with E-state index in [1.807, 2.05) is 13.8 Å². The molecule has 236 valence electrons. The summed E-state index contributed by atoms with van der Waals surface area (Å²) in [6.07, 6.45) is 5.30. The highest BCUT2D eigenvalue weighted by Gasteiger charge is 2.35. The first-order valence-electron chi connectivity index (χ1n) is 14.8. The normalized spacial score (nSPS) is 14.6. The number of hydrogen-bond acceptors (Lipinski definition) is 4. The Hall–Kier alpha value is -2.78. The second kappa shape index (κ2) is 15.0. The SMILES string of the molecule is CC[C@H](C(=O)NC1CCCCC1)N(Cc1ccc(Cl)cc1Cl)C(=O)CN(c1cccc(Cl)c1C)S(=O)(=O)c1ccc(C)cc1. The van der Waals surface area contributed by atoms with Gasteiger partial charge in [-0.3, -0.25) is 13.9 Å². The van der Waals surface area contributed by atoms with E-state index in [1.165, 1.54) is 17.0 Å². The summed E-state index contributed by atoms with van der Waals surface area (Å²) in [7, 11) is -4.22. The fourth-order valence-electron chi connectivity index (χ4n) is 5.51. The molecule has 0 aliphatic heterocycles. The van der Waals surface area contributed by atoms with E-state index in [0.717, 1.165) is 42.0 Å². The van der Waals surface area contributed by atoms with Crippen molar-refractivity contribution >= 4 is 62.3 Å². The van der Waals surface area contributed by atoms with Crippen LogP contribution in [-0.2, 0) is 26.2 Å². The van der Waals surface area contributed by atoms with Crippen molar-refractivity contribution in [1.29, 1.82) is 0 Å². The van der Waals surface area contributed by atoms with Crippen LogP contribution in [0.3, 0.4) is 0 Å². The molecule has 11 heteroatoms. The molecule has 3 aromatic rings. The number of nitrogens with zero attached hydrogens (tertiary/aromatic N) is 2. The monoisotopic (exact) mass is 677 g/mol. The van der Waals surface area contributed by atoms with Crippen molar-refractivity contribution in [3.63, 3.8) is 0 Å². The number of sulfonamides is 1. The number of carbonyl (C=O) groups is 2. The fraction of sp³-hybridized carbons (Fsp3) is 0.394. The minimum atomic E-state index is -4.22. The van der Waals surface area contributed by atoms with E-state index in [1.54, 1.807) is 55.5 Å². The summed E-state index contributed by atoms with van der Waals surface area (Å²) in [5, 5.41) is 4.28. The molecule has 0 aromatic heterocycles. The molecule has 1 atom stereocenters. The van der Waals surface area contributed by atoms with Crippen LogP contribution < -0.4 is 9.62 Å². The summed E-state index contributed by atoms with van der Waals surface area (Å²) in [6.45, 7) is 4.82. The quantitative estimate of drug-likeness (QED) is 0.225. The summed E-state index contributed by atoms with van der Waals surface area (Å²) in [6, 6.07) is 15.5. The smallest absolute Gasteiger partial charge is 0.264 e. The van der Waals surface area contributed by atoms with E-state index >= 15 is 0 Å². The molecule has 0 radical (unpaired) electrons. The number of hydrogen-bond donors (Lipinski definition) is 1. The van der Waals surface area contributed by atoms with Gasteiger partial charge in [-0.15, -0.1) is 0 Å². The number of halogens is 3. The zero-order valence-corrected chi connectivity index (χ0v) is 28.2. The van der Waals surface area contributed by atoms with Gasteiger partial charge in [-0.1, -0.05) is 90.8 Å². The number of rotatable bonds is 11. The zero-order chi connectivity index (χ0) is 32.0. The lowest BCUT2D eigenvalue weighted by Crippen LogP contribution is -2.54. The van der Waals surface area contributed by atoms with Crippen LogP contribution in [-0.4, -0.2) is 43.8 Å². The number of anilines is 1. The van der Waals surface area contributed by atoms with Gasteiger partial charge in [0.25, 0.3) is 10.0 Å². The predicted octanol–water partition coefficient (Wildman–Crippen LogP) is 7.72. The highest BCUT2D eigenvalue weighted by Crippen LogP contribution is 2.32. The minimum absolute atomic E-state index is 0.0155. The molecule has 44 heavy (non-hydrogen) atoms. The standard InChI is InChI=1S/C33H38Cl3N3O4S/c1-4-30(33(41)37-26-9-6-5-7-10-26)38(20-24-15-16-25(34)19-29(24)36)32(40)21-39(31-12-8-11-28(35)23(31)3)44(42,43)27-17-13-22(2)14-18-27/h8,11-19,26,30H,4-7,9-10,20-21H2,1-3H3,(H,37,41)/t30-/m1/s1. The molecule has 1 saturated carbocycles. The number of benzene rings is 3. The van der Waals surface area contributed by atoms with E-state index in [9.17, 15) is 18.0 Å². The Morgan fingerprint density at radius 3 is 2.25 bits per heavy atom. The van der Waals surface area contributed by atoms with Gasteiger partial charge < -0.3 is 10.2 Å². The van der Waals surface area contributed by atoms with Crippen molar-refractivity contribution in [3.8, 4) is 0 Å². The van der Waals surface area contributed by atoms with Crippen molar-refractivity contribution in [2.45, 2.75) is 82.8 Å². The highest BCUT2D eigenvalue weighted by molar-refractivity contribution is 7.92. The molecule has 2 amide bonds. The summed E-state index contributed by atoms with van der Waals surface area (Å²) in [4.78, 5) is 29.5. The largest absolute Gasteiger partial charge is 0.352 e. The highest BCUT2D eigenvalue weighted by atomic mass is 35.5. The number of carbonyl (C=O) groups excluding carboxylic acids is 2. The lowest BCUT2D eigenvalue weighted by molar-refractivity contribution is -0.140. The van der Waals surface area contributed by atoms with Crippen LogP contribution in [0.2, 0.25) is 15.1 Å². The van der Waals surface area contributed by atoms with E-state index < -0.39 is 28.5 Å². The van der Waals surface area contributed by atoms with E-state index in [2.05, 4.69) is 5.32 Å². The summed E-state index contributed by atoms with van der Waals surface area (Å²) in [5.74, 6) is -0.832. The maximum absolute atomic E-state index is 14.4. The third-order valence-electron chi connectivity index (χ3n) is 8.09. The molecule has 0 bridgehead atoms. The summed E-state index contributed by atoms with van der Waals surface area (Å²) in [5.41, 5.74) is 2.26. The maximum Gasteiger partial charge on any atom is 0.264 e. The molecule has 0 saturated heterocycles. The Morgan fingerprint density at radius 2 is 1.61 bits per heavy atom. The first-order valence-corrected chi connectivity index (χ1v) is 17.4. The average molecular weight is 679 g/mol. The molecular weight excluding hydrogens is 641 g/mol. The van der Waals surface area contributed by atoms with E-state index in [0.29, 0.717) is 32.6 Å². The molecule has 1 aliphatic carbocycles. The minimum Gasteiger partial charge on any atom is -0.352 e. The third kappa shape index (κ3) is 8.08. The van der Waals surface area contributed by atoms with Gasteiger partial charge in [-0.2, -0.15) is 0 Å². The molecular formula is C33H38Cl3N3O4S. The maximum atomic E-state index is 14.4. The molecule has 1 fully saturated rings. The van der Waals surface area contributed by atoms with E-state index in [4.69, 9.17) is 34.8 Å². The molecule has 4 rings (SSSR count). The first-order chi connectivity index (χ1) is 20.9. The second-order valence-electron chi connectivity index (χ2n) is 11.2. The molecule has 1 N–H and O–H groups in total. The van der Waals surface area contributed by atoms with Gasteiger partial charge >= 0.3 is 0 Å². The van der Waals surface area contributed by atoms with E-state index in [-0.39, 0.29) is 29.1 Å². The fourth-order valence-corrected chi connectivity index (χ4v) is 7.62. The van der Waals surface area contributed by atoms with Gasteiger partial charge in [0.1, 0.15) is 12.6 Å². The Kier molecular flexibility index (Phi) is 11.6. The molecule has 0 spiro atoms. The van der Waals surface area contributed by atoms with Crippen molar-refractivity contribution in [2.75, 3.05) is 10.8 Å². The van der Waals surface area contributed by atoms with Gasteiger partial charge in [0.15, 0.2) is 0 Å². The van der Waals surface area contributed by atoms with Crippen LogP contribution in [0.25, 0.3) is 0 Å². The molecule has 1 aliphatic rings. The zero-order valence-electron chi connectivity index (χ0n) is 25.2. The van der Waals surface area contributed by atoms with Crippen LogP contribution in [0.5, 0.6) is 0 Å². The van der Waals surface area contributed by atoms with Crippen LogP contribution in [0.15, 0.2) is 65.6 Å². The average Bonchev–Trinajstić information content (AvgIpc) is 2.99. The van der Waals surface area contributed by atoms with Crippen molar-refractivity contribution in [2.24, 2.45) is 0 Å². The lowest BCUT2D eigenvalue weighted by atomic mass is 9.95. The van der Waals surface area contributed by atoms with Crippen molar-refractivity contribution in [1.82, 2.24) is 10.2 Å². The second-order valence-corrected chi connectivity index (χ2v) is 14.3. The van der Waals surface area contributed by atoms with Gasteiger partial charge in [0, 0.05) is 27.7 Å². The lowest BCUT2D eigenvalue weighted by Gasteiger charge is -2.35. The Labute approximate surface area is 275 Å². The first kappa shape index (κ1) is 34.1. The predicted molar refractivity (Wildman–Crippen MR) is 178 cm³/mol. The van der Waals surface area contributed by atoms with Crippen LogP contribution >= 0.6 is 34.8 Å². The topological polar surface area (TPSA) is 86.8 Å². The third-order valence-corrected chi connectivity index (χ3v) is 10.9. The Balaban J connectivity index is 1.76. The van der Waals surface area contributed by atoms with Gasteiger partial charge in [-0.25, -0.2) is 8.42 Å². The Morgan fingerprint density at radius 1 is 0.932 bits per heavy atom. The summed E-state index contributed by atoms with van der Waals surface area (Å²) >= 11 is 19.1. The number of aryl methyl sites for hydroxylation is 1. The molecule has 3 aromatic carbocycles. The summed E-state index contributed by atoms with van der Waals surface area (Å²) < 4.78 is 29.4. The molecule has 0 heterocycles. The van der Waals surface area contributed by atoms with Gasteiger partial charge in [-0.05, 0) is 80.6 Å². The molecule has 0 unspecified atom stereocenters. The Bertz CT molecular complexity index is 1590. The van der Waals surface area contributed by atoms with Gasteiger partial charge in [0.2, 0.25) is 11.8 Å². The van der Waals surface area contributed by atoms with Crippen molar-refractivity contribution in [3.05, 3.63) is 92.4 Å². The van der Waals surface area contributed by atoms with Gasteiger partial charge in [0.05, 0.1) is 10.6 Å². The number of nitrogens with one attached hydrogen (secondary N) is 1.